The van der Waals surface area contributed by atoms with E-state index in [1.54, 1.807) is 0 Å². The van der Waals surface area contributed by atoms with Crippen LogP contribution in [0.15, 0.2) is 42.5 Å². The van der Waals surface area contributed by atoms with Crippen molar-refractivity contribution in [3.63, 3.8) is 0 Å². The van der Waals surface area contributed by atoms with E-state index < -0.39 is 67.0 Å². The maximum atomic E-state index is 15.2. The van der Waals surface area contributed by atoms with Crippen LogP contribution in [-0.4, -0.2) is 64.2 Å². The number of aliphatic hydroxyl groups excluding tert-OH is 4. The van der Waals surface area contributed by atoms with Gasteiger partial charge in [-0.25, -0.2) is 0 Å². The molecule has 0 radical (unpaired) electrons. The Labute approximate surface area is 189 Å². The van der Waals surface area contributed by atoms with Crippen molar-refractivity contribution in [2.45, 2.75) is 42.6 Å². The van der Waals surface area contributed by atoms with E-state index in [4.69, 9.17) is 16.3 Å². The van der Waals surface area contributed by atoms with Crippen LogP contribution in [0.2, 0.25) is 5.02 Å². The van der Waals surface area contributed by atoms with E-state index in [0.29, 0.717) is 0 Å². The summed E-state index contributed by atoms with van der Waals surface area (Å²) in [5.41, 5.74) is -1.28. The molecule has 1 aliphatic rings. The van der Waals surface area contributed by atoms with Crippen molar-refractivity contribution in [3.8, 4) is 5.75 Å². The maximum absolute atomic E-state index is 15.2. The first-order valence-electron chi connectivity index (χ1n) is 9.63. The van der Waals surface area contributed by atoms with Gasteiger partial charge in [0.05, 0.1) is 11.6 Å². The summed E-state index contributed by atoms with van der Waals surface area (Å²) in [5.74, 6) is -3.96. The van der Waals surface area contributed by atoms with Crippen LogP contribution in [0.4, 0.5) is 22.0 Å². The van der Waals surface area contributed by atoms with Gasteiger partial charge in [-0.1, -0.05) is 17.7 Å². The van der Waals surface area contributed by atoms with E-state index in [1.807, 2.05) is 0 Å². The van der Waals surface area contributed by atoms with Gasteiger partial charge in [0, 0.05) is 11.1 Å². The van der Waals surface area contributed by atoms with Gasteiger partial charge in [-0.2, -0.15) is 22.0 Å². The molecule has 1 heterocycles. The fourth-order valence-corrected chi connectivity index (χ4v) is 3.65. The zero-order valence-electron chi connectivity index (χ0n) is 16.7. The second-order valence-corrected chi connectivity index (χ2v) is 7.90. The lowest BCUT2D eigenvalue weighted by Gasteiger charge is -2.40. The van der Waals surface area contributed by atoms with Crippen LogP contribution < -0.4 is 4.74 Å². The average molecular weight is 499 g/mol. The molecule has 33 heavy (non-hydrogen) atoms. The second-order valence-electron chi connectivity index (χ2n) is 7.49. The molecule has 0 spiro atoms. The molecule has 1 unspecified atom stereocenters. The molecule has 1 fully saturated rings. The number of ether oxygens (including phenoxy) is 2. The minimum absolute atomic E-state index is 0.00361. The Morgan fingerprint density at radius 3 is 2.12 bits per heavy atom. The first kappa shape index (κ1) is 25.6. The smallest absolute Gasteiger partial charge is 0.422 e. The lowest BCUT2D eigenvalue weighted by molar-refractivity contribution is -0.231. The van der Waals surface area contributed by atoms with Gasteiger partial charge in [0.25, 0.3) is 5.92 Å². The van der Waals surface area contributed by atoms with Crippen molar-refractivity contribution in [3.05, 3.63) is 64.2 Å². The molecule has 6 nitrogen and oxygen atoms in total. The summed E-state index contributed by atoms with van der Waals surface area (Å²) in [6.07, 6.45) is -12.2. The average Bonchev–Trinajstić information content (AvgIpc) is 2.76. The maximum Gasteiger partial charge on any atom is 0.422 e. The third-order valence-electron chi connectivity index (χ3n) is 5.17. The fraction of sp³-hybridized carbons (Fsp3) is 0.429. The number of hydrogen-bond acceptors (Lipinski definition) is 6. The molecule has 3 rings (SSSR count). The van der Waals surface area contributed by atoms with Crippen molar-refractivity contribution < 1.29 is 51.9 Å². The Balaban J connectivity index is 1.89. The van der Waals surface area contributed by atoms with Crippen LogP contribution in [0.25, 0.3) is 0 Å². The van der Waals surface area contributed by atoms with Gasteiger partial charge < -0.3 is 29.9 Å². The van der Waals surface area contributed by atoms with Gasteiger partial charge in [-0.15, -0.1) is 0 Å². The Morgan fingerprint density at radius 1 is 0.909 bits per heavy atom. The molecule has 2 aromatic rings. The minimum Gasteiger partial charge on any atom is -0.484 e. The van der Waals surface area contributed by atoms with Gasteiger partial charge in [-0.05, 0) is 42.0 Å². The quantitative estimate of drug-likeness (QED) is 0.457. The summed E-state index contributed by atoms with van der Waals surface area (Å²) < 4.78 is 77.2. The predicted octanol–water partition coefficient (Wildman–Crippen LogP) is 2.94. The number of benzene rings is 2. The normalized spacial score (nSPS) is 26.3. The van der Waals surface area contributed by atoms with Crippen molar-refractivity contribution in [2.75, 3.05) is 13.2 Å². The zero-order chi connectivity index (χ0) is 24.6. The molecular formula is C21H20ClF5O6. The largest absolute Gasteiger partial charge is 0.484 e. The first-order chi connectivity index (χ1) is 15.3. The summed E-state index contributed by atoms with van der Waals surface area (Å²) >= 11 is 5.98. The molecule has 5 atom stereocenters. The minimum atomic E-state index is -4.58. The highest BCUT2D eigenvalue weighted by molar-refractivity contribution is 6.31. The molecule has 1 saturated heterocycles. The Morgan fingerprint density at radius 2 is 1.55 bits per heavy atom. The topological polar surface area (TPSA) is 99.4 Å². The molecule has 0 aliphatic carbocycles. The van der Waals surface area contributed by atoms with Gasteiger partial charge in [-0.3, -0.25) is 0 Å². The first-order valence-corrected chi connectivity index (χ1v) is 10.0. The van der Waals surface area contributed by atoms with Gasteiger partial charge in [0.15, 0.2) is 6.61 Å². The summed E-state index contributed by atoms with van der Waals surface area (Å²) in [6.45, 7) is -2.27. The molecule has 0 aromatic heterocycles. The van der Waals surface area contributed by atoms with Crippen LogP contribution in [-0.2, 0) is 10.7 Å². The molecule has 1 aliphatic heterocycles. The van der Waals surface area contributed by atoms with Crippen LogP contribution in [0.1, 0.15) is 22.8 Å². The van der Waals surface area contributed by atoms with Gasteiger partial charge >= 0.3 is 6.18 Å². The monoisotopic (exact) mass is 498 g/mol. The van der Waals surface area contributed by atoms with Crippen LogP contribution in [0.5, 0.6) is 5.75 Å². The molecule has 182 valence electrons. The third kappa shape index (κ3) is 5.56. The molecule has 0 saturated carbocycles. The number of aliphatic hydroxyl groups is 4. The predicted molar refractivity (Wildman–Crippen MR) is 105 cm³/mol. The van der Waals surface area contributed by atoms with Gasteiger partial charge in [0.1, 0.15) is 36.3 Å². The molecule has 0 bridgehead atoms. The highest BCUT2D eigenvalue weighted by Crippen LogP contribution is 2.42. The van der Waals surface area contributed by atoms with Crippen LogP contribution in [0, 0.1) is 0 Å². The second kappa shape index (κ2) is 9.69. The molecular weight excluding hydrogens is 479 g/mol. The van der Waals surface area contributed by atoms with E-state index in [2.05, 4.69) is 4.74 Å². The van der Waals surface area contributed by atoms with E-state index in [1.165, 1.54) is 6.07 Å². The number of rotatable bonds is 6. The summed E-state index contributed by atoms with van der Waals surface area (Å²) in [4.78, 5) is 0. The van der Waals surface area contributed by atoms with Crippen LogP contribution in [0.3, 0.4) is 0 Å². The number of alkyl halides is 5. The molecule has 4 N–H and O–H groups in total. The summed E-state index contributed by atoms with van der Waals surface area (Å²) in [5, 5.41) is 39.1. The zero-order valence-corrected chi connectivity index (χ0v) is 17.5. The van der Waals surface area contributed by atoms with E-state index in [9.17, 15) is 33.6 Å². The van der Waals surface area contributed by atoms with Crippen molar-refractivity contribution >= 4 is 11.6 Å². The van der Waals surface area contributed by atoms with Crippen molar-refractivity contribution in [2.24, 2.45) is 0 Å². The third-order valence-corrected chi connectivity index (χ3v) is 5.50. The summed E-state index contributed by atoms with van der Waals surface area (Å²) in [6, 6.07) is 7.06. The SMILES string of the molecule is OC[C@H]1O[C@@H](c2ccc(Cl)c(C(F)(F)c3ccc(OCC(F)(F)F)cc3)c2)[C@H](O)C(O)[C@@H]1O. The molecule has 12 heteroatoms. The van der Waals surface area contributed by atoms with Gasteiger partial charge in [0.2, 0.25) is 0 Å². The van der Waals surface area contributed by atoms with Crippen LogP contribution >= 0.6 is 11.6 Å². The van der Waals surface area contributed by atoms with E-state index in [0.717, 1.165) is 36.4 Å². The summed E-state index contributed by atoms with van der Waals surface area (Å²) in [7, 11) is 0. The Kier molecular flexibility index (Phi) is 7.52. The van der Waals surface area contributed by atoms with E-state index in [-0.39, 0.29) is 16.3 Å². The highest BCUT2D eigenvalue weighted by Gasteiger charge is 2.45. The Hall–Kier alpha value is -2.02. The lowest BCUT2D eigenvalue weighted by Crippen LogP contribution is -2.55. The Bertz CT molecular complexity index is 953. The molecule has 0 amide bonds. The standard InChI is InChI=1S/C21H20ClF5O6/c22-14-6-1-10(19-18(31)17(30)16(29)15(8-28)33-19)7-13(14)21(26,27)11-2-4-12(5-3-11)32-9-20(23,24)25/h1-7,15-19,28-31H,8-9H2/t15-,16-,17?,18-,19+/m1/s1. The number of halogens is 6. The lowest BCUT2D eigenvalue weighted by atomic mass is 9.89. The number of hydrogen-bond donors (Lipinski definition) is 4. The van der Waals surface area contributed by atoms with E-state index >= 15 is 8.78 Å². The van der Waals surface area contributed by atoms with Crippen molar-refractivity contribution in [1.82, 2.24) is 0 Å². The molecule has 2 aromatic carbocycles. The van der Waals surface area contributed by atoms with Crippen molar-refractivity contribution in [1.29, 1.82) is 0 Å². The fourth-order valence-electron chi connectivity index (χ4n) is 3.42. The highest BCUT2D eigenvalue weighted by atomic mass is 35.5.